The Labute approximate surface area is 134 Å². The molecule has 0 atom stereocenters. The predicted molar refractivity (Wildman–Crippen MR) is 87.9 cm³/mol. The highest BCUT2D eigenvalue weighted by atomic mass is 127. The Morgan fingerprint density at radius 3 is 2.74 bits per heavy atom. The summed E-state index contributed by atoms with van der Waals surface area (Å²) in [4.78, 5) is 12.5. The SMILES string of the molecule is CCOc1ccc(Br)cc1C(=O)c1cccc(I)c1. The van der Waals surface area contributed by atoms with E-state index < -0.39 is 0 Å². The topological polar surface area (TPSA) is 26.3 Å². The maximum Gasteiger partial charge on any atom is 0.196 e. The van der Waals surface area contributed by atoms with Crippen LogP contribution in [0.1, 0.15) is 22.8 Å². The average molecular weight is 431 g/mol. The molecule has 4 heteroatoms. The number of rotatable bonds is 4. The third-order valence-corrected chi connectivity index (χ3v) is 3.74. The van der Waals surface area contributed by atoms with Crippen LogP contribution in [0.15, 0.2) is 46.9 Å². The van der Waals surface area contributed by atoms with Crippen LogP contribution in [0, 0.1) is 3.57 Å². The van der Waals surface area contributed by atoms with Crippen molar-refractivity contribution in [1.29, 1.82) is 0 Å². The number of hydrogen-bond acceptors (Lipinski definition) is 2. The van der Waals surface area contributed by atoms with Crippen molar-refractivity contribution in [1.82, 2.24) is 0 Å². The van der Waals surface area contributed by atoms with Gasteiger partial charge in [-0.2, -0.15) is 0 Å². The summed E-state index contributed by atoms with van der Waals surface area (Å²) < 4.78 is 7.43. The molecule has 0 saturated carbocycles. The standard InChI is InChI=1S/C15H12BrIO2/c1-2-19-14-7-6-11(16)9-13(14)15(18)10-4-3-5-12(17)8-10/h3-9H,2H2,1H3. The molecule has 2 nitrogen and oxygen atoms in total. The fraction of sp³-hybridized carbons (Fsp3) is 0.133. The minimum atomic E-state index is -0.0248. The molecule has 19 heavy (non-hydrogen) atoms. The number of ketones is 1. The van der Waals surface area contributed by atoms with Gasteiger partial charge in [-0.25, -0.2) is 0 Å². The zero-order valence-corrected chi connectivity index (χ0v) is 14.1. The van der Waals surface area contributed by atoms with Gasteiger partial charge in [0.15, 0.2) is 5.78 Å². The van der Waals surface area contributed by atoms with Crippen molar-refractivity contribution in [2.24, 2.45) is 0 Å². The normalized spacial score (nSPS) is 10.3. The maximum atomic E-state index is 12.5. The van der Waals surface area contributed by atoms with Crippen LogP contribution in [0.2, 0.25) is 0 Å². The van der Waals surface area contributed by atoms with Crippen molar-refractivity contribution in [2.75, 3.05) is 6.61 Å². The molecule has 0 saturated heterocycles. The molecular formula is C15H12BrIO2. The molecule has 2 aromatic rings. The molecule has 2 aromatic carbocycles. The molecule has 0 radical (unpaired) electrons. The van der Waals surface area contributed by atoms with Gasteiger partial charge < -0.3 is 4.74 Å². The molecule has 0 aromatic heterocycles. The monoisotopic (exact) mass is 430 g/mol. The molecule has 0 fully saturated rings. The molecule has 0 bridgehead atoms. The Balaban J connectivity index is 2.45. The van der Waals surface area contributed by atoms with Crippen LogP contribution in [-0.4, -0.2) is 12.4 Å². The number of benzene rings is 2. The van der Waals surface area contributed by atoms with Gasteiger partial charge in [0.2, 0.25) is 0 Å². The lowest BCUT2D eigenvalue weighted by Gasteiger charge is -2.10. The van der Waals surface area contributed by atoms with Crippen molar-refractivity contribution < 1.29 is 9.53 Å². The van der Waals surface area contributed by atoms with E-state index in [1.165, 1.54) is 0 Å². The molecule has 0 aliphatic carbocycles. The van der Waals surface area contributed by atoms with Gasteiger partial charge in [0.1, 0.15) is 5.75 Å². The van der Waals surface area contributed by atoms with Crippen molar-refractivity contribution in [2.45, 2.75) is 6.92 Å². The zero-order chi connectivity index (χ0) is 13.8. The Morgan fingerprint density at radius 2 is 2.05 bits per heavy atom. The van der Waals surface area contributed by atoms with Gasteiger partial charge in [0.05, 0.1) is 12.2 Å². The molecule has 0 aliphatic rings. The third kappa shape index (κ3) is 3.57. The molecule has 0 N–H and O–H groups in total. The Morgan fingerprint density at radius 1 is 1.26 bits per heavy atom. The van der Waals surface area contributed by atoms with Gasteiger partial charge in [-0.05, 0) is 59.8 Å². The van der Waals surface area contributed by atoms with E-state index >= 15 is 0 Å². The van der Waals surface area contributed by atoms with Gasteiger partial charge in [-0.15, -0.1) is 0 Å². The molecule has 0 aliphatic heterocycles. The van der Waals surface area contributed by atoms with Crippen molar-refractivity contribution in [3.8, 4) is 5.75 Å². The second-order valence-electron chi connectivity index (χ2n) is 3.91. The fourth-order valence-corrected chi connectivity index (χ4v) is 2.65. The summed E-state index contributed by atoms with van der Waals surface area (Å²) in [6.45, 7) is 2.44. The van der Waals surface area contributed by atoms with E-state index in [1.54, 1.807) is 6.07 Å². The van der Waals surface area contributed by atoms with E-state index in [4.69, 9.17) is 4.74 Å². The highest BCUT2D eigenvalue weighted by molar-refractivity contribution is 14.1. The first kappa shape index (κ1) is 14.5. The van der Waals surface area contributed by atoms with Gasteiger partial charge in [-0.3, -0.25) is 4.79 Å². The summed E-state index contributed by atoms with van der Waals surface area (Å²) in [6, 6.07) is 13.0. The van der Waals surface area contributed by atoms with Crippen molar-refractivity contribution >= 4 is 44.3 Å². The van der Waals surface area contributed by atoms with E-state index in [-0.39, 0.29) is 5.78 Å². The van der Waals surface area contributed by atoms with E-state index in [0.29, 0.717) is 23.5 Å². The Hall–Kier alpha value is -0.880. The Bertz CT molecular complexity index is 611. The van der Waals surface area contributed by atoms with Gasteiger partial charge in [-0.1, -0.05) is 28.1 Å². The second kappa shape index (κ2) is 6.52. The molecular weight excluding hydrogens is 419 g/mol. The van der Waals surface area contributed by atoms with Crippen LogP contribution in [0.25, 0.3) is 0 Å². The lowest BCUT2D eigenvalue weighted by molar-refractivity contribution is 0.103. The first-order valence-electron chi connectivity index (χ1n) is 5.84. The Kier molecular flexibility index (Phi) is 4.99. The van der Waals surface area contributed by atoms with Crippen molar-refractivity contribution in [3.63, 3.8) is 0 Å². The van der Waals surface area contributed by atoms with Gasteiger partial charge in [0.25, 0.3) is 0 Å². The average Bonchev–Trinajstić information content (AvgIpc) is 2.40. The molecule has 0 amide bonds. The van der Waals surface area contributed by atoms with Gasteiger partial charge >= 0.3 is 0 Å². The van der Waals surface area contributed by atoms with Crippen LogP contribution in [0.3, 0.4) is 0 Å². The molecule has 98 valence electrons. The summed E-state index contributed by atoms with van der Waals surface area (Å²) in [7, 11) is 0. The predicted octanol–water partition coefficient (Wildman–Crippen LogP) is 4.68. The van der Waals surface area contributed by atoms with E-state index in [0.717, 1.165) is 8.04 Å². The number of halogens is 2. The summed E-state index contributed by atoms with van der Waals surface area (Å²) in [5, 5.41) is 0. The zero-order valence-electron chi connectivity index (χ0n) is 10.3. The minimum absolute atomic E-state index is 0.0248. The summed E-state index contributed by atoms with van der Waals surface area (Å²) in [6.07, 6.45) is 0. The number of hydrogen-bond donors (Lipinski definition) is 0. The minimum Gasteiger partial charge on any atom is -0.493 e. The van der Waals surface area contributed by atoms with E-state index in [1.807, 2.05) is 43.3 Å². The quantitative estimate of drug-likeness (QED) is 0.519. The first-order chi connectivity index (χ1) is 9.11. The van der Waals surface area contributed by atoms with E-state index in [9.17, 15) is 4.79 Å². The second-order valence-corrected chi connectivity index (χ2v) is 6.07. The molecule has 0 unspecified atom stereocenters. The van der Waals surface area contributed by atoms with Crippen LogP contribution in [0.5, 0.6) is 5.75 Å². The van der Waals surface area contributed by atoms with Gasteiger partial charge in [0, 0.05) is 13.6 Å². The summed E-state index contributed by atoms with van der Waals surface area (Å²) >= 11 is 5.59. The van der Waals surface area contributed by atoms with Crippen LogP contribution in [-0.2, 0) is 0 Å². The van der Waals surface area contributed by atoms with E-state index in [2.05, 4.69) is 38.5 Å². The van der Waals surface area contributed by atoms with Crippen LogP contribution >= 0.6 is 38.5 Å². The number of carbonyl (C=O) groups excluding carboxylic acids is 1. The lowest BCUT2D eigenvalue weighted by atomic mass is 10.0. The highest BCUT2D eigenvalue weighted by Gasteiger charge is 2.15. The highest BCUT2D eigenvalue weighted by Crippen LogP contribution is 2.26. The maximum absolute atomic E-state index is 12.5. The molecule has 0 spiro atoms. The van der Waals surface area contributed by atoms with Crippen molar-refractivity contribution in [3.05, 3.63) is 61.6 Å². The number of carbonyl (C=O) groups is 1. The summed E-state index contributed by atoms with van der Waals surface area (Å²) in [5.74, 6) is 0.595. The molecule has 0 heterocycles. The summed E-state index contributed by atoms with van der Waals surface area (Å²) in [5.41, 5.74) is 1.25. The third-order valence-electron chi connectivity index (χ3n) is 2.57. The lowest BCUT2D eigenvalue weighted by Crippen LogP contribution is -2.05. The van der Waals surface area contributed by atoms with Crippen LogP contribution < -0.4 is 4.74 Å². The largest absolute Gasteiger partial charge is 0.493 e. The first-order valence-corrected chi connectivity index (χ1v) is 7.71. The smallest absolute Gasteiger partial charge is 0.196 e. The molecule has 2 rings (SSSR count). The number of ether oxygens (including phenoxy) is 1. The van der Waals surface area contributed by atoms with Crippen LogP contribution in [0.4, 0.5) is 0 Å². The fourth-order valence-electron chi connectivity index (χ4n) is 1.75.